The fourth-order valence-corrected chi connectivity index (χ4v) is 6.02. The number of rotatable bonds is 0. The van der Waals surface area contributed by atoms with Crippen LogP contribution in [-0.2, 0) is 10.8 Å². The second-order valence-corrected chi connectivity index (χ2v) is 9.01. The summed E-state index contributed by atoms with van der Waals surface area (Å²) in [6.45, 7) is 6.97. The van der Waals surface area contributed by atoms with Crippen LogP contribution in [0.3, 0.4) is 0 Å². The third-order valence-corrected chi connectivity index (χ3v) is 7.11. The highest BCUT2D eigenvalue weighted by Crippen LogP contribution is 2.61. The van der Waals surface area contributed by atoms with Gasteiger partial charge in [-0.05, 0) is 46.9 Å². The first-order valence-corrected chi connectivity index (χ1v) is 10.6. The number of hydrogen-bond donors (Lipinski definition) is 0. The van der Waals surface area contributed by atoms with Crippen molar-refractivity contribution < 1.29 is 4.74 Å². The number of aryl methyl sites for hydroxylation is 1. The maximum Gasteiger partial charge on any atom is 0.132 e. The summed E-state index contributed by atoms with van der Waals surface area (Å²) in [5, 5.41) is 0. The van der Waals surface area contributed by atoms with Crippen LogP contribution in [0.4, 0.5) is 0 Å². The average Bonchev–Trinajstić information content (AvgIpc) is 2.76. The summed E-state index contributed by atoms with van der Waals surface area (Å²) in [5.41, 5.74) is 8.85. The lowest BCUT2D eigenvalue weighted by Gasteiger charge is -2.50. The van der Waals surface area contributed by atoms with Gasteiger partial charge >= 0.3 is 0 Å². The third kappa shape index (κ3) is 1.98. The first-order valence-electron chi connectivity index (χ1n) is 10.6. The Bertz CT molecular complexity index is 1270. The summed E-state index contributed by atoms with van der Waals surface area (Å²) in [5.74, 6) is 1.89. The normalized spacial score (nSPS) is 16.6. The molecule has 2 aliphatic rings. The van der Waals surface area contributed by atoms with Crippen molar-refractivity contribution in [2.45, 2.75) is 31.6 Å². The summed E-state index contributed by atoms with van der Waals surface area (Å²) in [7, 11) is 0. The molecule has 6 rings (SSSR count). The third-order valence-electron chi connectivity index (χ3n) is 7.11. The minimum atomic E-state index is -0.390. The van der Waals surface area contributed by atoms with Crippen LogP contribution in [0.2, 0.25) is 0 Å². The van der Waals surface area contributed by atoms with Gasteiger partial charge in [-0.1, -0.05) is 92.7 Å². The second kappa shape index (κ2) is 5.86. The number of benzene rings is 4. The number of para-hydroxylation sites is 2. The first kappa shape index (κ1) is 17.5. The average molecular weight is 389 g/mol. The van der Waals surface area contributed by atoms with E-state index < -0.39 is 0 Å². The van der Waals surface area contributed by atoms with Crippen molar-refractivity contribution in [3.8, 4) is 11.5 Å². The maximum atomic E-state index is 6.42. The molecule has 0 saturated heterocycles. The van der Waals surface area contributed by atoms with Crippen molar-refractivity contribution in [2.75, 3.05) is 0 Å². The van der Waals surface area contributed by atoms with Crippen LogP contribution in [0.25, 0.3) is 0 Å². The molecule has 4 aromatic rings. The van der Waals surface area contributed by atoms with E-state index in [0.29, 0.717) is 0 Å². The molecule has 0 bridgehead atoms. The molecule has 0 unspecified atom stereocenters. The predicted octanol–water partition coefficient (Wildman–Crippen LogP) is 7.12. The van der Waals surface area contributed by atoms with Gasteiger partial charge in [0.2, 0.25) is 0 Å². The molecular formula is C29H24O. The van der Waals surface area contributed by atoms with Crippen LogP contribution in [0.15, 0.2) is 91.0 Å². The largest absolute Gasteiger partial charge is 0.457 e. The molecule has 30 heavy (non-hydrogen) atoms. The Kier molecular flexibility index (Phi) is 3.42. The topological polar surface area (TPSA) is 9.23 Å². The van der Waals surface area contributed by atoms with Gasteiger partial charge in [0.15, 0.2) is 0 Å². The van der Waals surface area contributed by atoms with E-state index in [1.54, 1.807) is 0 Å². The van der Waals surface area contributed by atoms with E-state index in [0.717, 1.165) is 11.5 Å². The molecule has 0 radical (unpaired) electrons. The standard InChI is InChI=1S/C29H24O/c1-19-11-10-16-24-27(19)28(2,3)20-12-4-5-13-21(20)29(24)22-14-6-8-17-25(22)30-26-18-9-7-15-23(26)29/h4-18H,1-3H3. The van der Waals surface area contributed by atoms with Crippen molar-refractivity contribution in [3.63, 3.8) is 0 Å². The SMILES string of the molecule is Cc1cccc2c1C(C)(C)c1ccccc1C21c2ccccc2Oc2ccccc21. The van der Waals surface area contributed by atoms with Gasteiger partial charge in [0.1, 0.15) is 11.5 Å². The lowest BCUT2D eigenvalue weighted by Crippen LogP contribution is -2.43. The highest BCUT2D eigenvalue weighted by Gasteiger charge is 2.52. The van der Waals surface area contributed by atoms with E-state index in [1.165, 1.54) is 38.9 Å². The molecule has 1 aliphatic heterocycles. The van der Waals surface area contributed by atoms with Crippen LogP contribution in [-0.4, -0.2) is 0 Å². The second-order valence-electron chi connectivity index (χ2n) is 9.01. The van der Waals surface area contributed by atoms with Gasteiger partial charge in [0.25, 0.3) is 0 Å². The highest BCUT2D eigenvalue weighted by molar-refractivity contribution is 5.75. The predicted molar refractivity (Wildman–Crippen MR) is 122 cm³/mol. The van der Waals surface area contributed by atoms with E-state index >= 15 is 0 Å². The smallest absolute Gasteiger partial charge is 0.132 e. The quantitative estimate of drug-likeness (QED) is 0.274. The van der Waals surface area contributed by atoms with Gasteiger partial charge < -0.3 is 4.74 Å². The summed E-state index contributed by atoms with van der Waals surface area (Å²) in [4.78, 5) is 0. The molecule has 0 fully saturated rings. The van der Waals surface area contributed by atoms with Crippen LogP contribution in [0.5, 0.6) is 11.5 Å². The van der Waals surface area contributed by atoms with Crippen molar-refractivity contribution in [1.29, 1.82) is 0 Å². The zero-order chi connectivity index (χ0) is 20.5. The molecule has 0 N–H and O–H groups in total. The van der Waals surface area contributed by atoms with Crippen molar-refractivity contribution in [3.05, 3.63) is 130 Å². The molecule has 1 aliphatic carbocycles. The Balaban J connectivity index is 1.89. The molecular weight excluding hydrogens is 364 g/mol. The van der Waals surface area contributed by atoms with E-state index in [9.17, 15) is 0 Å². The Labute approximate surface area is 178 Å². The minimum Gasteiger partial charge on any atom is -0.457 e. The fourth-order valence-electron chi connectivity index (χ4n) is 6.02. The Morgan fingerprint density at radius 3 is 1.67 bits per heavy atom. The zero-order valence-electron chi connectivity index (χ0n) is 17.6. The molecule has 0 aromatic heterocycles. The van der Waals surface area contributed by atoms with Gasteiger partial charge in [0.05, 0.1) is 5.41 Å². The van der Waals surface area contributed by atoms with Crippen LogP contribution >= 0.6 is 0 Å². The molecule has 146 valence electrons. The minimum absolute atomic E-state index is 0.0787. The van der Waals surface area contributed by atoms with E-state index in [4.69, 9.17) is 4.74 Å². The van der Waals surface area contributed by atoms with Gasteiger partial charge in [-0.2, -0.15) is 0 Å². The molecule has 0 amide bonds. The molecule has 1 spiro atoms. The van der Waals surface area contributed by atoms with Crippen molar-refractivity contribution in [2.24, 2.45) is 0 Å². The van der Waals surface area contributed by atoms with Crippen LogP contribution in [0.1, 0.15) is 52.8 Å². The van der Waals surface area contributed by atoms with E-state index in [-0.39, 0.29) is 10.8 Å². The highest BCUT2D eigenvalue weighted by atomic mass is 16.5. The van der Waals surface area contributed by atoms with E-state index in [2.05, 4.69) is 112 Å². The Hall–Kier alpha value is -3.32. The lowest BCUT2D eigenvalue weighted by atomic mass is 9.53. The monoisotopic (exact) mass is 388 g/mol. The Morgan fingerprint density at radius 2 is 1.03 bits per heavy atom. The van der Waals surface area contributed by atoms with Gasteiger partial charge in [-0.3, -0.25) is 0 Å². The fraction of sp³-hybridized carbons (Fsp3) is 0.172. The number of ether oxygens (including phenoxy) is 1. The molecule has 1 heterocycles. The maximum absolute atomic E-state index is 6.42. The van der Waals surface area contributed by atoms with Crippen molar-refractivity contribution >= 4 is 0 Å². The van der Waals surface area contributed by atoms with Crippen LogP contribution in [0, 0.1) is 6.92 Å². The summed E-state index contributed by atoms with van der Waals surface area (Å²) in [6.07, 6.45) is 0. The molecule has 1 nitrogen and oxygen atoms in total. The number of hydrogen-bond acceptors (Lipinski definition) is 1. The van der Waals surface area contributed by atoms with Gasteiger partial charge in [-0.25, -0.2) is 0 Å². The van der Waals surface area contributed by atoms with E-state index in [1.807, 2.05) is 0 Å². The molecule has 0 saturated carbocycles. The zero-order valence-corrected chi connectivity index (χ0v) is 17.6. The van der Waals surface area contributed by atoms with Gasteiger partial charge in [-0.15, -0.1) is 0 Å². The van der Waals surface area contributed by atoms with Crippen LogP contribution < -0.4 is 4.74 Å². The summed E-state index contributed by atoms with van der Waals surface area (Å²) in [6, 6.07) is 32.9. The molecule has 1 heteroatoms. The first-order chi connectivity index (χ1) is 14.6. The lowest BCUT2D eigenvalue weighted by molar-refractivity contribution is 0.425. The number of fused-ring (bicyclic) bond motifs is 8. The summed E-state index contributed by atoms with van der Waals surface area (Å²) >= 11 is 0. The molecule has 4 aromatic carbocycles. The Morgan fingerprint density at radius 1 is 0.533 bits per heavy atom. The molecule has 0 atom stereocenters. The van der Waals surface area contributed by atoms with Crippen molar-refractivity contribution in [1.82, 2.24) is 0 Å². The summed E-state index contributed by atoms with van der Waals surface area (Å²) < 4.78 is 6.42. The van der Waals surface area contributed by atoms with Gasteiger partial charge in [0, 0.05) is 16.5 Å².